The number of carbonyl (C=O) groups excluding carboxylic acids is 1. The molecule has 1 amide bonds. The minimum Gasteiger partial charge on any atom is -0.369 e. The van der Waals surface area contributed by atoms with Crippen molar-refractivity contribution in [1.29, 1.82) is 0 Å². The number of halogens is 1. The maximum Gasteiger partial charge on any atom is 0.231 e. The van der Waals surface area contributed by atoms with E-state index in [1.165, 1.54) is 6.07 Å². The summed E-state index contributed by atoms with van der Waals surface area (Å²) in [6, 6.07) is 5.30. The molecule has 0 aromatic heterocycles. The summed E-state index contributed by atoms with van der Waals surface area (Å²) in [5.41, 5.74) is 7.30. The van der Waals surface area contributed by atoms with Crippen LogP contribution in [0.15, 0.2) is 18.2 Å². The molecule has 1 fully saturated rings. The number of piperidine rings is 1. The van der Waals surface area contributed by atoms with E-state index in [0.717, 1.165) is 37.1 Å². The normalized spacial score (nSPS) is 17.3. The lowest BCUT2D eigenvalue weighted by Crippen LogP contribution is -2.45. The highest BCUT2D eigenvalue weighted by Gasteiger charge is 2.19. The summed E-state index contributed by atoms with van der Waals surface area (Å²) < 4.78 is 13.2. The zero-order chi connectivity index (χ0) is 14.5. The van der Waals surface area contributed by atoms with Crippen LogP contribution in [0.1, 0.15) is 24.0 Å². The zero-order valence-electron chi connectivity index (χ0n) is 11.9. The monoisotopic (exact) mass is 279 g/mol. The molecule has 1 aromatic carbocycles. The maximum atomic E-state index is 13.2. The molecule has 0 bridgehead atoms. The second-order valence-corrected chi connectivity index (χ2v) is 5.47. The van der Waals surface area contributed by atoms with Gasteiger partial charge in [-0.15, -0.1) is 0 Å². The third kappa shape index (κ3) is 4.28. The molecule has 4 nitrogen and oxygen atoms in total. The number of primary amides is 1. The van der Waals surface area contributed by atoms with Crippen molar-refractivity contribution in [3.8, 4) is 0 Å². The summed E-state index contributed by atoms with van der Waals surface area (Å²) in [6.45, 7) is 4.78. The van der Waals surface area contributed by atoms with E-state index in [-0.39, 0.29) is 11.7 Å². The first-order valence-electron chi connectivity index (χ1n) is 7.03. The van der Waals surface area contributed by atoms with Gasteiger partial charge < -0.3 is 11.1 Å². The van der Waals surface area contributed by atoms with E-state index in [0.29, 0.717) is 19.1 Å². The number of benzene rings is 1. The molecule has 1 aliphatic heterocycles. The number of rotatable bonds is 5. The highest BCUT2D eigenvalue weighted by Crippen LogP contribution is 2.13. The lowest BCUT2D eigenvalue weighted by Gasteiger charge is -2.31. The van der Waals surface area contributed by atoms with Gasteiger partial charge in [-0.3, -0.25) is 9.69 Å². The number of aryl methyl sites for hydroxylation is 1. The molecule has 2 rings (SSSR count). The molecule has 1 aromatic rings. The van der Waals surface area contributed by atoms with E-state index in [9.17, 15) is 9.18 Å². The van der Waals surface area contributed by atoms with Crippen molar-refractivity contribution in [2.24, 2.45) is 5.73 Å². The van der Waals surface area contributed by atoms with Gasteiger partial charge in [-0.2, -0.15) is 0 Å². The number of nitrogens with one attached hydrogen (secondary N) is 1. The molecule has 110 valence electrons. The van der Waals surface area contributed by atoms with Crippen LogP contribution in [0.25, 0.3) is 0 Å². The standard InChI is InChI=1S/C15H22FN3O/c1-11-2-3-13(16)8-12(11)9-18-14-4-6-19(7-5-14)10-15(17)20/h2-3,8,14,18H,4-7,9-10H2,1H3,(H2,17,20). The maximum absolute atomic E-state index is 13.2. The fourth-order valence-corrected chi connectivity index (χ4v) is 2.60. The van der Waals surface area contributed by atoms with Crippen LogP contribution in [0.4, 0.5) is 4.39 Å². The zero-order valence-corrected chi connectivity index (χ0v) is 11.9. The van der Waals surface area contributed by atoms with Crippen molar-refractivity contribution in [2.45, 2.75) is 32.4 Å². The average Bonchev–Trinajstić information content (AvgIpc) is 2.41. The summed E-state index contributed by atoms with van der Waals surface area (Å²) in [4.78, 5) is 12.9. The summed E-state index contributed by atoms with van der Waals surface area (Å²) in [6.07, 6.45) is 1.98. The molecule has 3 N–H and O–H groups in total. The van der Waals surface area contributed by atoms with Gasteiger partial charge in [0, 0.05) is 25.7 Å². The SMILES string of the molecule is Cc1ccc(F)cc1CNC1CCN(CC(N)=O)CC1. The molecular weight excluding hydrogens is 257 g/mol. The molecule has 0 aliphatic carbocycles. The van der Waals surface area contributed by atoms with Gasteiger partial charge in [0.2, 0.25) is 5.91 Å². The summed E-state index contributed by atoms with van der Waals surface area (Å²) in [5, 5.41) is 3.47. The average molecular weight is 279 g/mol. The van der Waals surface area contributed by atoms with Crippen molar-refractivity contribution >= 4 is 5.91 Å². The van der Waals surface area contributed by atoms with Crippen molar-refractivity contribution in [3.05, 3.63) is 35.1 Å². The topological polar surface area (TPSA) is 58.4 Å². The van der Waals surface area contributed by atoms with Crippen LogP contribution in [0.3, 0.4) is 0 Å². The van der Waals surface area contributed by atoms with Crippen LogP contribution < -0.4 is 11.1 Å². The Hall–Kier alpha value is -1.46. The van der Waals surface area contributed by atoms with E-state index in [2.05, 4.69) is 10.2 Å². The number of hydrogen-bond donors (Lipinski definition) is 2. The first kappa shape index (κ1) is 14.9. The third-order valence-electron chi connectivity index (χ3n) is 3.86. The number of hydrogen-bond acceptors (Lipinski definition) is 3. The fraction of sp³-hybridized carbons (Fsp3) is 0.533. The van der Waals surface area contributed by atoms with E-state index >= 15 is 0 Å². The molecule has 0 spiro atoms. The first-order chi connectivity index (χ1) is 9.54. The molecular formula is C15H22FN3O. The van der Waals surface area contributed by atoms with E-state index in [4.69, 9.17) is 5.73 Å². The van der Waals surface area contributed by atoms with Gasteiger partial charge in [0.15, 0.2) is 0 Å². The molecule has 0 atom stereocenters. The molecule has 0 saturated carbocycles. The molecule has 0 unspecified atom stereocenters. The highest BCUT2D eigenvalue weighted by molar-refractivity contribution is 5.75. The lowest BCUT2D eigenvalue weighted by atomic mass is 10.0. The molecule has 1 saturated heterocycles. The summed E-state index contributed by atoms with van der Waals surface area (Å²) >= 11 is 0. The van der Waals surface area contributed by atoms with Crippen LogP contribution in [0, 0.1) is 12.7 Å². The second kappa shape index (κ2) is 6.81. The van der Waals surface area contributed by atoms with E-state index < -0.39 is 0 Å². The predicted octanol–water partition coefficient (Wildman–Crippen LogP) is 1.17. The van der Waals surface area contributed by atoms with Crippen LogP contribution in [0.2, 0.25) is 0 Å². The Morgan fingerprint density at radius 1 is 1.45 bits per heavy atom. The Morgan fingerprint density at radius 3 is 2.80 bits per heavy atom. The van der Waals surface area contributed by atoms with Crippen molar-refractivity contribution in [3.63, 3.8) is 0 Å². The highest BCUT2D eigenvalue weighted by atomic mass is 19.1. The van der Waals surface area contributed by atoms with Crippen molar-refractivity contribution in [1.82, 2.24) is 10.2 Å². The molecule has 0 radical (unpaired) electrons. The number of carbonyl (C=O) groups is 1. The Bertz CT molecular complexity index is 470. The summed E-state index contributed by atoms with van der Waals surface area (Å²) in [5.74, 6) is -0.463. The van der Waals surface area contributed by atoms with Gasteiger partial charge in [0.25, 0.3) is 0 Å². The van der Waals surface area contributed by atoms with Gasteiger partial charge >= 0.3 is 0 Å². The fourth-order valence-electron chi connectivity index (χ4n) is 2.60. The smallest absolute Gasteiger partial charge is 0.231 e. The van der Waals surface area contributed by atoms with Crippen molar-refractivity contribution in [2.75, 3.05) is 19.6 Å². The van der Waals surface area contributed by atoms with Crippen LogP contribution in [0.5, 0.6) is 0 Å². The van der Waals surface area contributed by atoms with Crippen LogP contribution in [-0.4, -0.2) is 36.5 Å². The van der Waals surface area contributed by atoms with Gasteiger partial charge in [0.1, 0.15) is 5.82 Å². The second-order valence-electron chi connectivity index (χ2n) is 5.47. The van der Waals surface area contributed by atoms with E-state index in [1.807, 2.05) is 13.0 Å². The number of likely N-dealkylation sites (tertiary alicyclic amines) is 1. The molecule has 1 aliphatic rings. The van der Waals surface area contributed by atoms with Gasteiger partial charge in [-0.25, -0.2) is 4.39 Å². The predicted molar refractivity (Wildman–Crippen MR) is 76.6 cm³/mol. The van der Waals surface area contributed by atoms with Gasteiger partial charge in [-0.05, 0) is 43.0 Å². The quantitative estimate of drug-likeness (QED) is 0.851. The number of nitrogens with two attached hydrogens (primary N) is 1. The largest absolute Gasteiger partial charge is 0.369 e. The Balaban J connectivity index is 1.78. The number of nitrogens with zero attached hydrogens (tertiary/aromatic N) is 1. The Labute approximate surface area is 119 Å². The molecule has 5 heteroatoms. The van der Waals surface area contributed by atoms with Crippen LogP contribution in [-0.2, 0) is 11.3 Å². The minimum absolute atomic E-state index is 0.191. The third-order valence-corrected chi connectivity index (χ3v) is 3.86. The Morgan fingerprint density at radius 2 is 2.15 bits per heavy atom. The molecule has 20 heavy (non-hydrogen) atoms. The number of amides is 1. The summed E-state index contributed by atoms with van der Waals surface area (Å²) in [7, 11) is 0. The van der Waals surface area contributed by atoms with Crippen molar-refractivity contribution < 1.29 is 9.18 Å². The Kier molecular flexibility index (Phi) is 5.09. The van der Waals surface area contributed by atoms with E-state index in [1.54, 1.807) is 6.07 Å². The molecule has 1 heterocycles. The first-order valence-corrected chi connectivity index (χ1v) is 7.03. The minimum atomic E-state index is -0.271. The van der Waals surface area contributed by atoms with Gasteiger partial charge in [-0.1, -0.05) is 6.07 Å². The lowest BCUT2D eigenvalue weighted by molar-refractivity contribution is -0.119. The van der Waals surface area contributed by atoms with Gasteiger partial charge in [0.05, 0.1) is 6.54 Å². The van der Waals surface area contributed by atoms with Crippen LogP contribution >= 0.6 is 0 Å².